The highest BCUT2D eigenvalue weighted by molar-refractivity contribution is 5.87. The van der Waals surface area contributed by atoms with Crippen LogP contribution in [0.25, 0.3) is 16.7 Å². The number of rotatable bonds is 5. The highest BCUT2D eigenvalue weighted by Gasteiger charge is 2.19. The molecular weight excluding hydrogens is 344 g/mol. The lowest BCUT2D eigenvalue weighted by Gasteiger charge is -2.16. The summed E-state index contributed by atoms with van der Waals surface area (Å²) in [6, 6.07) is 13.7. The Bertz CT molecular complexity index is 1110. The number of fused-ring (bicyclic) bond motifs is 1. The van der Waals surface area contributed by atoms with Crippen molar-refractivity contribution < 1.29 is 9.94 Å². The van der Waals surface area contributed by atoms with Crippen molar-refractivity contribution in [2.75, 3.05) is 7.11 Å². The van der Waals surface area contributed by atoms with E-state index in [1.807, 2.05) is 54.1 Å². The maximum atomic E-state index is 8.70. The van der Waals surface area contributed by atoms with Crippen LogP contribution in [0.3, 0.4) is 0 Å². The minimum Gasteiger partial charge on any atom is -0.411 e. The van der Waals surface area contributed by atoms with Gasteiger partial charge >= 0.3 is 0 Å². The summed E-state index contributed by atoms with van der Waals surface area (Å²) in [6.45, 7) is 0. The van der Waals surface area contributed by atoms with Crippen LogP contribution in [0.5, 0.6) is 0 Å². The summed E-state index contributed by atoms with van der Waals surface area (Å²) >= 11 is 0. The monoisotopic (exact) mass is 362 g/mol. The first kappa shape index (κ1) is 16.9. The van der Waals surface area contributed by atoms with E-state index in [0.29, 0.717) is 0 Å². The molecule has 0 spiro atoms. The molecular formula is C19H18N6O2. The van der Waals surface area contributed by atoms with Gasteiger partial charge in [0.2, 0.25) is 0 Å². The van der Waals surface area contributed by atoms with E-state index in [1.165, 1.54) is 12.5 Å². The number of aryl methyl sites for hydroxylation is 1. The highest BCUT2D eigenvalue weighted by atomic mass is 16.5. The molecule has 8 nitrogen and oxygen atoms in total. The third kappa shape index (κ3) is 3.06. The zero-order valence-electron chi connectivity index (χ0n) is 14.9. The third-order valence-electron chi connectivity index (χ3n) is 4.45. The van der Waals surface area contributed by atoms with Gasteiger partial charge in [-0.05, 0) is 35.4 Å². The van der Waals surface area contributed by atoms with E-state index in [0.717, 1.165) is 33.7 Å². The maximum Gasteiger partial charge on any atom is 0.160 e. The Morgan fingerprint density at radius 2 is 2.07 bits per heavy atom. The zero-order valence-corrected chi connectivity index (χ0v) is 14.9. The molecule has 0 radical (unpaired) electrons. The van der Waals surface area contributed by atoms with Gasteiger partial charge in [-0.25, -0.2) is 9.97 Å². The first-order valence-electron chi connectivity index (χ1n) is 8.33. The van der Waals surface area contributed by atoms with Crippen molar-refractivity contribution in [2.45, 2.75) is 6.10 Å². The second kappa shape index (κ2) is 7.00. The van der Waals surface area contributed by atoms with Crippen LogP contribution in [0.15, 0.2) is 60.3 Å². The number of benzene rings is 2. The number of oxime groups is 1. The van der Waals surface area contributed by atoms with Crippen LogP contribution < -0.4 is 0 Å². The Morgan fingerprint density at radius 1 is 1.19 bits per heavy atom. The predicted molar refractivity (Wildman–Crippen MR) is 100 cm³/mol. The number of imidazole rings is 1. The zero-order chi connectivity index (χ0) is 18.8. The van der Waals surface area contributed by atoms with Gasteiger partial charge in [0.15, 0.2) is 5.82 Å². The number of ether oxygens (including phenoxy) is 1. The van der Waals surface area contributed by atoms with Crippen LogP contribution in [-0.2, 0) is 11.8 Å². The molecule has 0 amide bonds. The van der Waals surface area contributed by atoms with Crippen molar-refractivity contribution in [3.63, 3.8) is 0 Å². The summed E-state index contributed by atoms with van der Waals surface area (Å²) in [7, 11) is 3.50. The molecule has 0 aliphatic carbocycles. The molecule has 0 aliphatic heterocycles. The number of hydrogen-bond acceptors (Lipinski definition) is 6. The largest absolute Gasteiger partial charge is 0.411 e. The van der Waals surface area contributed by atoms with E-state index < -0.39 is 0 Å². The topological polar surface area (TPSA) is 90.3 Å². The first-order valence-corrected chi connectivity index (χ1v) is 8.33. The molecule has 136 valence electrons. The Labute approximate surface area is 155 Å². The number of hydrogen-bond donors (Lipinski definition) is 1. The summed E-state index contributed by atoms with van der Waals surface area (Å²) in [4.78, 5) is 8.77. The van der Waals surface area contributed by atoms with Crippen LogP contribution in [0.1, 0.15) is 23.1 Å². The molecule has 0 fully saturated rings. The summed E-state index contributed by atoms with van der Waals surface area (Å²) in [5, 5.41) is 15.9. The van der Waals surface area contributed by atoms with Gasteiger partial charge in [0, 0.05) is 19.8 Å². The molecule has 2 heterocycles. The van der Waals surface area contributed by atoms with Crippen molar-refractivity contribution in [3.8, 4) is 5.69 Å². The third-order valence-corrected chi connectivity index (χ3v) is 4.45. The number of nitrogens with zero attached hydrogens (tertiary/aromatic N) is 6. The lowest BCUT2D eigenvalue weighted by molar-refractivity contribution is 0.125. The molecule has 2 aromatic heterocycles. The van der Waals surface area contributed by atoms with Crippen LogP contribution >= 0.6 is 0 Å². The minimum absolute atomic E-state index is 0.320. The molecule has 0 aliphatic rings. The van der Waals surface area contributed by atoms with Gasteiger partial charge in [-0.3, -0.25) is 9.25 Å². The molecule has 2 aromatic carbocycles. The second-order valence-electron chi connectivity index (χ2n) is 6.06. The fraction of sp³-hybridized carbons (Fsp3) is 0.158. The minimum atomic E-state index is -0.320. The maximum absolute atomic E-state index is 8.70. The van der Waals surface area contributed by atoms with Gasteiger partial charge < -0.3 is 9.94 Å². The van der Waals surface area contributed by atoms with Gasteiger partial charge in [0.1, 0.15) is 18.8 Å². The van der Waals surface area contributed by atoms with E-state index in [9.17, 15) is 0 Å². The summed E-state index contributed by atoms with van der Waals surface area (Å²) in [5.74, 6) is 0.734. The lowest BCUT2D eigenvalue weighted by atomic mass is 10.1. The van der Waals surface area contributed by atoms with E-state index in [4.69, 9.17) is 9.94 Å². The molecule has 0 bridgehead atoms. The average Bonchev–Trinajstić information content (AvgIpc) is 3.29. The molecule has 4 aromatic rings. The summed E-state index contributed by atoms with van der Waals surface area (Å²) < 4.78 is 9.39. The Hall–Kier alpha value is -3.52. The van der Waals surface area contributed by atoms with Crippen molar-refractivity contribution in [1.29, 1.82) is 0 Å². The molecule has 0 saturated heterocycles. The Balaban J connectivity index is 1.76. The van der Waals surface area contributed by atoms with Gasteiger partial charge in [0.25, 0.3) is 0 Å². The highest BCUT2D eigenvalue weighted by Crippen LogP contribution is 2.26. The molecule has 0 saturated carbocycles. The number of methoxy groups -OCH3 is 1. The van der Waals surface area contributed by atoms with Crippen LogP contribution in [0, 0.1) is 0 Å². The van der Waals surface area contributed by atoms with Crippen molar-refractivity contribution in [2.24, 2.45) is 12.2 Å². The predicted octanol–water partition coefficient (Wildman–Crippen LogP) is 2.70. The normalized spacial score (nSPS) is 12.8. The van der Waals surface area contributed by atoms with Crippen LogP contribution in [0.4, 0.5) is 0 Å². The molecule has 1 N–H and O–H groups in total. The molecule has 27 heavy (non-hydrogen) atoms. The fourth-order valence-electron chi connectivity index (χ4n) is 3.15. The SMILES string of the molecule is COC(c1cccc(-n2cnc3cc(/C=N/O)ccc32)c1)c1ncnn1C. The Kier molecular flexibility index (Phi) is 4.39. The van der Waals surface area contributed by atoms with Gasteiger partial charge in [-0.15, -0.1) is 0 Å². The van der Waals surface area contributed by atoms with Crippen LogP contribution in [-0.4, -0.2) is 42.8 Å². The molecule has 1 unspecified atom stereocenters. The Morgan fingerprint density at radius 3 is 2.81 bits per heavy atom. The van der Waals surface area contributed by atoms with E-state index in [1.54, 1.807) is 18.1 Å². The standard InChI is InChI=1S/C19H18N6O2/c1-24-19(20-11-22-24)18(27-2)14-4-3-5-15(9-14)25-12-21-16-8-13(10-23-26)6-7-17(16)25/h3-12,18,26H,1-2H3/b23-10+. The summed E-state index contributed by atoms with van der Waals surface area (Å²) in [6.07, 6.45) is 4.35. The fourth-order valence-corrected chi connectivity index (χ4v) is 3.15. The number of aromatic nitrogens is 5. The lowest BCUT2D eigenvalue weighted by Crippen LogP contribution is -2.11. The second-order valence-corrected chi connectivity index (χ2v) is 6.06. The van der Waals surface area contributed by atoms with E-state index in [2.05, 4.69) is 20.2 Å². The molecule has 1 atom stereocenters. The van der Waals surface area contributed by atoms with E-state index >= 15 is 0 Å². The van der Waals surface area contributed by atoms with Gasteiger partial charge in [0.05, 0.1) is 17.2 Å². The van der Waals surface area contributed by atoms with Crippen molar-refractivity contribution in [1.82, 2.24) is 24.3 Å². The molecule has 4 rings (SSSR count). The van der Waals surface area contributed by atoms with E-state index in [-0.39, 0.29) is 6.10 Å². The first-order chi connectivity index (χ1) is 13.2. The van der Waals surface area contributed by atoms with Crippen molar-refractivity contribution >= 4 is 17.2 Å². The molecule has 8 heteroatoms. The van der Waals surface area contributed by atoms with Crippen LogP contribution in [0.2, 0.25) is 0 Å². The van der Waals surface area contributed by atoms with Gasteiger partial charge in [-0.2, -0.15) is 5.10 Å². The smallest absolute Gasteiger partial charge is 0.160 e. The quantitative estimate of drug-likeness (QED) is 0.335. The average molecular weight is 362 g/mol. The van der Waals surface area contributed by atoms with Crippen molar-refractivity contribution in [3.05, 3.63) is 72.1 Å². The summed E-state index contributed by atoms with van der Waals surface area (Å²) in [5.41, 5.74) is 4.48. The van der Waals surface area contributed by atoms with Gasteiger partial charge in [-0.1, -0.05) is 23.4 Å².